The topological polar surface area (TPSA) is 66.5 Å². The van der Waals surface area contributed by atoms with Gasteiger partial charge in [0.25, 0.3) is 0 Å². The monoisotopic (exact) mass is 300 g/mol. The number of rotatable bonds is 3. The summed E-state index contributed by atoms with van der Waals surface area (Å²) in [5.41, 5.74) is 0. The molecule has 5 nitrogen and oxygen atoms in total. The van der Waals surface area contributed by atoms with E-state index in [9.17, 15) is 17.6 Å². The van der Waals surface area contributed by atoms with E-state index in [4.69, 9.17) is 0 Å². The molecule has 20 heavy (non-hydrogen) atoms. The molecule has 1 aromatic carbocycles. The van der Waals surface area contributed by atoms with Gasteiger partial charge in [0.2, 0.25) is 15.9 Å². The van der Waals surface area contributed by atoms with Crippen LogP contribution in [0.1, 0.15) is 19.8 Å². The molecular weight excluding hydrogens is 283 g/mol. The number of amides is 1. The molecule has 1 heterocycles. The van der Waals surface area contributed by atoms with Crippen LogP contribution in [0, 0.1) is 5.82 Å². The van der Waals surface area contributed by atoms with Crippen LogP contribution in [0.5, 0.6) is 0 Å². The molecule has 0 saturated carbocycles. The van der Waals surface area contributed by atoms with Gasteiger partial charge in [-0.2, -0.15) is 0 Å². The molecule has 1 aliphatic rings. The molecule has 1 aromatic rings. The number of benzene rings is 1. The highest BCUT2D eigenvalue weighted by Gasteiger charge is 2.26. The molecule has 0 spiro atoms. The number of carbonyl (C=O) groups excluding carboxylic acids is 1. The highest BCUT2D eigenvalue weighted by molar-refractivity contribution is 7.89. The third-order valence-electron chi connectivity index (χ3n) is 3.39. The quantitative estimate of drug-likeness (QED) is 0.909. The Morgan fingerprint density at radius 3 is 2.45 bits per heavy atom. The molecule has 0 aliphatic carbocycles. The molecule has 0 aromatic heterocycles. The fourth-order valence-corrected chi connectivity index (χ4v) is 3.64. The second kappa shape index (κ2) is 5.88. The van der Waals surface area contributed by atoms with Gasteiger partial charge >= 0.3 is 0 Å². The summed E-state index contributed by atoms with van der Waals surface area (Å²) in [6, 6.07) is 5.01. The van der Waals surface area contributed by atoms with Crippen LogP contribution in [0.3, 0.4) is 0 Å². The van der Waals surface area contributed by atoms with Gasteiger partial charge in [-0.1, -0.05) is 12.1 Å². The average molecular weight is 300 g/mol. The van der Waals surface area contributed by atoms with Crippen LogP contribution >= 0.6 is 0 Å². The largest absolute Gasteiger partial charge is 0.343 e. The van der Waals surface area contributed by atoms with Crippen molar-refractivity contribution in [3.8, 4) is 0 Å². The van der Waals surface area contributed by atoms with E-state index >= 15 is 0 Å². The molecular formula is C13H17FN2O3S. The van der Waals surface area contributed by atoms with E-state index in [2.05, 4.69) is 4.72 Å². The molecule has 7 heteroatoms. The van der Waals surface area contributed by atoms with Crippen LogP contribution in [0.2, 0.25) is 0 Å². The third kappa shape index (κ3) is 3.34. The van der Waals surface area contributed by atoms with Crippen molar-refractivity contribution >= 4 is 15.9 Å². The molecule has 1 fully saturated rings. The van der Waals surface area contributed by atoms with Crippen LogP contribution < -0.4 is 4.72 Å². The number of hydrogen-bond acceptors (Lipinski definition) is 3. The van der Waals surface area contributed by atoms with Crippen molar-refractivity contribution in [2.24, 2.45) is 0 Å². The van der Waals surface area contributed by atoms with Gasteiger partial charge in [0.1, 0.15) is 10.7 Å². The molecule has 110 valence electrons. The molecule has 1 N–H and O–H groups in total. The summed E-state index contributed by atoms with van der Waals surface area (Å²) in [5, 5.41) is 0. The van der Waals surface area contributed by atoms with Crippen LogP contribution in [0.15, 0.2) is 29.2 Å². The number of piperidine rings is 1. The number of carbonyl (C=O) groups is 1. The lowest BCUT2D eigenvalue weighted by Crippen LogP contribution is -2.46. The smallest absolute Gasteiger partial charge is 0.243 e. The molecule has 0 unspecified atom stereocenters. The van der Waals surface area contributed by atoms with Gasteiger partial charge < -0.3 is 4.90 Å². The van der Waals surface area contributed by atoms with Gasteiger partial charge in [-0.25, -0.2) is 17.5 Å². The summed E-state index contributed by atoms with van der Waals surface area (Å²) in [6.07, 6.45) is 1.07. The first-order chi connectivity index (χ1) is 9.40. The average Bonchev–Trinajstić information content (AvgIpc) is 2.39. The van der Waals surface area contributed by atoms with E-state index in [1.165, 1.54) is 25.1 Å². The normalized spacial score (nSPS) is 17.2. The van der Waals surface area contributed by atoms with E-state index in [-0.39, 0.29) is 16.8 Å². The van der Waals surface area contributed by atoms with Crippen molar-refractivity contribution in [1.82, 2.24) is 9.62 Å². The lowest BCUT2D eigenvalue weighted by molar-refractivity contribution is -0.129. The number of hydrogen-bond donors (Lipinski definition) is 1. The zero-order valence-corrected chi connectivity index (χ0v) is 12.0. The summed E-state index contributed by atoms with van der Waals surface area (Å²) in [5.74, 6) is -0.776. The SMILES string of the molecule is CC(=O)N1CCC(NS(=O)(=O)c2ccccc2F)CC1. The van der Waals surface area contributed by atoms with Gasteiger partial charge in [0, 0.05) is 26.1 Å². The predicted molar refractivity (Wildman–Crippen MR) is 72.0 cm³/mol. The van der Waals surface area contributed by atoms with Crippen LogP contribution in [-0.4, -0.2) is 38.4 Å². The van der Waals surface area contributed by atoms with Crippen molar-refractivity contribution in [2.75, 3.05) is 13.1 Å². The molecule has 1 aliphatic heterocycles. The summed E-state index contributed by atoms with van der Waals surface area (Å²) >= 11 is 0. The van der Waals surface area contributed by atoms with E-state index in [0.29, 0.717) is 25.9 Å². The first-order valence-electron chi connectivity index (χ1n) is 6.42. The Kier molecular flexibility index (Phi) is 4.39. The fourth-order valence-electron chi connectivity index (χ4n) is 2.26. The standard InChI is InChI=1S/C13H17FN2O3S/c1-10(17)16-8-6-11(7-9-16)15-20(18,19)13-5-3-2-4-12(13)14/h2-5,11,15H,6-9H2,1H3. The van der Waals surface area contributed by atoms with Gasteiger partial charge in [-0.15, -0.1) is 0 Å². The lowest BCUT2D eigenvalue weighted by atomic mass is 10.1. The second-order valence-electron chi connectivity index (χ2n) is 4.83. The molecule has 0 atom stereocenters. The minimum atomic E-state index is -3.86. The summed E-state index contributed by atoms with van der Waals surface area (Å²) < 4.78 is 40.3. The zero-order chi connectivity index (χ0) is 14.8. The minimum absolute atomic E-state index is 0.0135. The Balaban J connectivity index is 2.04. The molecule has 2 rings (SSSR count). The van der Waals surface area contributed by atoms with E-state index in [1.807, 2.05) is 0 Å². The summed E-state index contributed by atoms with van der Waals surface area (Å²) in [6.45, 7) is 2.52. The van der Waals surface area contributed by atoms with Gasteiger partial charge in [-0.3, -0.25) is 4.79 Å². The van der Waals surface area contributed by atoms with E-state index < -0.39 is 15.8 Å². The highest BCUT2D eigenvalue weighted by atomic mass is 32.2. The Morgan fingerprint density at radius 2 is 1.90 bits per heavy atom. The Labute approximate surface area is 117 Å². The second-order valence-corrected chi connectivity index (χ2v) is 6.51. The number of halogens is 1. The molecule has 0 radical (unpaired) electrons. The maximum atomic E-state index is 13.5. The summed E-state index contributed by atoms with van der Waals surface area (Å²) in [7, 11) is -3.86. The van der Waals surface area contributed by atoms with Crippen LogP contribution in [-0.2, 0) is 14.8 Å². The Hall–Kier alpha value is -1.47. The number of nitrogens with zero attached hydrogens (tertiary/aromatic N) is 1. The fraction of sp³-hybridized carbons (Fsp3) is 0.462. The Bertz CT molecular complexity index is 595. The van der Waals surface area contributed by atoms with Gasteiger partial charge in [0.15, 0.2) is 0 Å². The maximum absolute atomic E-state index is 13.5. The van der Waals surface area contributed by atoms with Crippen LogP contribution in [0.4, 0.5) is 4.39 Å². The first-order valence-corrected chi connectivity index (χ1v) is 7.91. The Morgan fingerprint density at radius 1 is 1.30 bits per heavy atom. The summed E-state index contributed by atoms with van der Waals surface area (Å²) in [4.78, 5) is 12.5. The number of nitrogens with one attached hydrogen (secondary N) is 1. The van der Waals surface area contributed by atoms with Crippen molar-refractivity contribution in [3.63, 3.8) is 0 Å². The molecule has 1 amide bonds. The minimum Gasteiger partial charge on any atom is -0.343 e. The maximum Gasteiger partial charge on any atom is 0.243 e. The highest BCUT2D eigenvalue weighted by Crippen LogP contribution is 2.17. The number of sulfonamides is 1. The molecule has 1 saturated heterocycles. The third-order valence-corrected chi connectivity index (χ3v) is 4.94. The van der Waals surface area contributed by atoms with Gasteiger partial charge in [0.05, 0.1) is 0 Å². The lowest BCUT2D eigenvalue weighted by Gasteiger charge is -2.31. The van der Waals surface area contributed by atoms with E-state index in [0.717, 1.165) is 6.07 Å². The first kappa shape index (κ1) is 14.9. The van der Waals surface area contributed by atoms with Crippen LogP contribution in [0.25, 0.3) is 0 Å². The van der Waals surface area contributed by atoms with Crippen molar-refractivity contribution < 1.29 is 17.6 Å². The number of likely N-dealkylation sites (tertiary alicyclic amines) is 1. The zero-order valence-electron chi connectivity index (χ0n) is 11.2. The molecule has 0 bridgehead atoms. The predicted octanol–water partition coefficient (Wildman–Crippen LogP) is 1.11. The van der Waals surface area contributed by atoms with Gasteiger partial charge in [-0.05, 0) is 25.0 Å². The van der Waals surface area contributed by atoms with Crippen molar-refractivity contribution in [3.05, 3.63) is 30.1 Å². The van der Waals surface area contributed by atoms with Crippen molar-refractivity contribution in [2.45, 2.75) is 30.7 Å². The van der Waals surface area contributed by atoms with Crippen molar-refractivity contribution in [1.29, 1.82) is 0 Å². The van der Waals surface area contributed by atoms with E-state index in [1.54, 1.807) is 4.90 Å².